The fourth-order valence-corrected chi connectivity index (χ4v) is 3.16. The van der Waals surface area contributed by atoms with Crippen LogP contribution in [0.5, 0.6) is 0 Å². The molecule has 7 heteroatoms. The summed E-state index contributed by atoms with van der Waals surface area (Å²) < 4.78 is 0. The highest BCUT2D eigenvalue weighted by Crippen LogP contribution is 2.31. The SMILES string of the molecule is CCC(C)N1C(=O)CC(Sc2cc(C(=O)O)ccn2)C1=O. The van der Waals surface area contributed by atoms with E-state index in [2.05, 4.69) is 4.98 Å². The molecule has 1 aromatic rings. The Morgan fingerprint density at radius 3 is 2.90 bits per heavy atom. The van der Waals surface area contributed by atoms with Crippen LogP contribution in [0.25, 0.3) is 0 Å². The lowest BCUT2D eigenvalue weighted by molar-refractivity contribution is -0.140. The van der Waals surface area contributed by atoms with E-state index >= 15 is 0 Å². The van der Waals surface area contributed by atoms with E-state index in [-0.39, 0.29) is 29.8 Å². The van der Waals surface area contributed by atoms with Gasteiger partial charge in [0.1, 0.15) is 0 Å². The smallest absolute Gasteiger partial charge is 0.335 e. The maximum absolute atomic E-state index is 12.3. The number of thioether (sulfide) groups is 1. The van der Waals surface area contributed by atoms with Crippen molar-refractivity contribution >= 4 is 29.5 Å². The molecule has 0 bridgehead atoms. The lowest BCUT2D eigenvalue weighted by Crippen LogP contribution is -2.38. The third-order valence-electron chi connectivity index (χ3n) is 3.42. The van der Waals surface area contributed by atoms with Crippen LogP contribution < -0.4 is 0 Å². The van der Waals surface area contributed by atoms with E-state index in [4.69, 9.17) is 5.11 Å². The summed E-state index contributed by atoms with van der Waals surface area (Å²) in [7, 11) is 0. The minimum absolute atomic E-state index is 0.114. The Balaban J connectivity index is 2.14. The highest BCUT2D eigenvalue weighted by atomic mass is 32.2. The van der Waals surface area contributed by atoms with Gasteiger partial charge < -0.3 is 5.11 Å². The van der Waals surface area contributed by atoms with Crippen molar-refractivity contribution in [3.8, 4) is 0 Å². The van der Waals surface area contributed by atoms with Gasteiger partial charge in [-0.15, -0.1) is 0 Å². The molecule has 1 fully saturated rings. The van der Waals surface area contributed by atoms with Gasteiger partial charge in [0.2, 0.25) is 11.8 Å². The average Bonchev–Trinajstić information content (AvgIpc) is 2.73. The monoisotopic (exact) mass is 308 g/mol. The van der Waals surface area contributed by atoms with Gasteiger partial charge in [-0.25, -0.2) is 9.78 Å². The summed E-state index contributed by atoms with van der Waals surface area (Å²) in [6, 6.07) is 2.68. The van der Waals surface area contributed by atoms with Crippen molar-refractivity contribution in [1.82, 2.24) is 9.88 Å². The molecule has 1 aliphatic rings. The number of aromatic nitrogens is 1. The molecule has 2 unspecified atom stereocenters. The van der Waals surface area contributed by atoms with Gasteiger partial charge in [-0.1, -0.05) is 18.7 Å². The second-order valence-electron chi connectivity index (χ2n) is 4.86. The third-order valence-corrected chi connectivity index (χ3v) is 4.54. The van der Waals surface area contributed by atoms with Crippen LogP contribution in [0.3, 0.4) is 0 Å². The number of carboxylic acid groups (broad SMARTS) is 1. The minimum atomic E-state index is -1.05. The van der Waals surface area contributed by atoms with E-state index in [0.29, 0.717) is 11.4 Å². The molecule has 21 heavy (non-hydrogen) atoms. The Hall–Kier alpha value is -1.89. The van der Waals surface area contributed by atoms with Gasteiger partial charge in [0.05, 0.1) is 15.8 Å². The lowest BCUT2D eigenvalue weighted by Gasteiger charge is -2.21. The van der Waals surface area contributed by atoms with Gasteiger partial charge >= 0.3 is 5.97 Å². The number of rotatable bonds is 5. The second kappa shape index (κ2) is 6.26. The van der Waals surface area contributed by atoms with Crippen LogP contribution in [-0.2, 0) is 9.59 Å². The molecule has 112 valence electrons. The highest BCUT2D eigenvalue weighted by molar-refractivity contribution is 8.00. The minimum Gasteiger partial charge on any atom is -0.478 e. The first-order valence-corrected chi connectivity index (χ1v) is 7.54. The number of carbonyl (C=O) groups excluding carboxylic acids is 2. The third kappa shape index (κ3) is 3.24. The number of likely N-dealkylation sites (tertiary alicyclic amines) is 1. The number of imide groups is 1. The maximum Gasteiger partial charge on any atom is 0.335 e. The summed E-state index contributed by atoms with van der Waals surface area (Å²) >= 11 is 1.14. The van der Waals surface area contributed by atoms with Gasteiger partial charge in [0.15, 0.2) is 0 Å². The van der Waals surface area contributed by atoms with E-state index in [1.54, 1.807) is 0 Å². The Bertz CT molecular complexity index is 590. The van der Waals surface area contributed by atoms with Crippen LogP contribution in [0.1, 0.15) is 37.0 Å². The first-order chi connectivity index (χ1) is 9.93. The number of pyridine rings is 1. The van der Waals surface area contributed by atoms with E-state index in [1.165, 1.54) is 23.2 Å². The molecule has 1 N–H and O–H groups in total. The number of hydrogen-bond donors (Lipinski definition) is 1. The van der Waals surface area contributed by atoms with Gasteiger partial charge in [-0.3, -0.25) is 14.5 Å². The number of hydrogen-bond acceptors (Lipinski definition) is 5. The molecule has 2 amide bonds. The molecule has 2 atom stereocenters. The molecular formula is C14H16N2O4S. The Labute approximate surface area is 126 Å². The number of carbonyl (C=O) groups is 3. The van der Waals surface area contributed by atoms with E-state index in [9.17, 15) is 14.4 Å². The molecule has 0 radical (unpaired) electrons. The zero-order valence-corrected chi connectivity index (χ0v) is 12.6. The fourth-order valence-electron chi connectivity index (χ4n) is 2.11. The van der Waals surface area contributed by atoms with Crippen LogP contribution in [0.4, 0.5) is 0 Å². The first-order valence-electron chi connectivity index (χ1n) is 6.66. The van der Waals surface area contributed by atoms with Crippen LogP contribution >= 0.6 is 11.8 Å². The van der Waals surface area contributed by atoms with Crippen LogP contribution in [0.15, 0.2) is 23.4 Å². The average molecular weight is 308 g/mol. The lowest BCUT2D eigenvalue weighted by atomic mass is 10.2. The molecule has 0 saturated carbocycles. The van der Waals surface area contributed by atoms with Crippen molar-refractivity contribution in [1.29, 1.82) is 0 Å². The van der Waals surface area contributed by atoms with Gasteiger partial charge in [0.25, 0.3) is 0 Å². The predicted octanol–water partition coefficient (Wildman–Crippen LogP) is 1.80. The molecule has 0 aromatic carbocycles. The number of nitrogens with zero attached hydrogens (tertiary/aromatic N) is 2. The molecule has 1 saturated heterocycles. The molecule has 2 heterocycles. The van der Waals surface area contributed by atoms with Crippen molar-refractivity contribution in [2.75, 3.05) is 0 Å². The molecule has 0 aliphatic carbocycles. The van der Waals surface area contributed by atoms with Crippen molar-refractivity contribution in [3.05, 3.63) is 23.9 Å². The molecule has 1 aromatic heterocycles. The fraction of sp³-hybridized carbons (Fsp3) is 0.429. The summed E-state index contributed by atoms with van der Waals surface area (Å²) in [5, 5.41) is 8.86. The normalized spacial score (nSPS) is 19.9. The van der Waals surface area contributed by atoms with Crippen LogP contribution in [-0.4, -0.2) is 44.1 Å². The van der Waals surface area contributed by atoms with Crippen molar-refractivity contribution in [2.45, 2.75) is 43.0 Å². The first kappa shape index (κ1) is 15.5. The van der Waals surface area contributed by atoms with Crippen LogP contribution in [0, 0.1) is 0 Å². The topological polar surface area (TPSA) is 87.6 Å². The van der Waals surface area contributed by atoms with Crippen molar-refractivity contribution < 1.29 is 19.5 Å². The molecular weight excluding hydrogens is 292 g/mol. The summed E-state index contributed by atoms with van der Waals surface area (Å²) in [6.07, 6.45) is 2.23. The molecule has 2 rings (SSSR count). The quantitative estimate of drug-likeness (QED) is 0.835. The maximum atomic E-state index is 12.3. The number of aromatic carboxylic acids is 1. The summed E-state index contributed by atoms with van der Waals surface area (Å²) in [5.74, 6) is -1.45. The Kier molecular flexibility index (Phi) is 4.62. The van der Waals surface area contributed by atoms with E-state index < -0.39 is 11.2 Å². The number of amides is 2. The van der Waals surface area contributed by atoms with Crippen LogP contribution in [0.2, 0.25) is 0 Å². The summed E-state index contributed by atoms with van der Waals surface area (Å²) in [4.78, 5) is 40.5. The molecule has 0 spiro atoms. The zero-order chi connectivity index (χ0) is 15.6. The second-order valence-corrected chi connectivity index (χ2v) is 6.08. The Morgan fingerprint density at radius 2 is 2.29 bits per heavy atom. The molecule has 1 aliphatic heterocycles. The van der Waals surface area contributed by atoms with Gasteiger partial charge in [-0.2, -0.15) is 0 Å². The summed E-state index contributed by atoms with van der Waals surface area (Å²) in [5.41, 5.74) is 0.114. The van der Waals surface area contributed by atoms with Crippen molar-refractivity contribution in [2.24, 2.45) is 0 Å². The van der Waals surface area contributed by atoms with E-state index in [1.807, 2.05) is 13.8 Å². The largest absolute Gasteiger partial charge is 0.478 e. The molecule has 6 nitrogen and oxygen atoms in total. The van der Waals surface area contributed by atoms with Crippen molar-refractivity contribution in [3.63, 3.8) is 0 Å². The Morgan fingerprint density at radius 1 is 1.57 bits per heavy atom. The van der Waals surface area contributed by atoms with Gasteiger partial charge in [0, 0.05) is 18.7 Å². The van der Waals surface area contributed by atoms with E-state index in [0.717, 1.165) is 11.8 Å². The summed E-state index contributed by atoms with van der Waals surface area (Å²) in [6.45, 7) is 3.76. The standard InChI is InChI=1S/C14H16N2O4S/c1-3-8(2)16-12(17)7-10(13(16)18)21-11-6-9(14(19)20)4-5-15-11/h4-6,8,10H,3,7H2,1-2H3,(H,19,20). The van der Waals surface area contributed by atoms with Gasteiger partial charge in [-0.05, 0) is 25.5 Å². The predicted molar refractivity (Wildman–Crippen MR) is 77.1 cm³/mol. The zero-order valence-electron chi connectivity index (χ0n) is 11.8. The highest BCUT2D eigenvalue weighted by Gasteiger charge is 2.41. The number of carboxylic acids is 1.